The van der Waals surface area contributed by atoms with E-state index in [1.54, 1.807) is 36.6 Å². The van der Waals surface area contributed by atoms with E-state index in [0.717, 1.165) is 11.0 Å². The van der Waals surface area contributed by atoms with Gasteiger partial charge in [0, 0.05) is 51.3 Å². The number of anilines is 1. The van der Waals surface area contributed by atoms with Crippen LogP contribution in [0.4, 0.5) is 14.5 Å². The third-order valence-corrected chi connectivity index (χ3v) is 15.2. The van der Waals surface area contributed by atoms with Gasteiger partial charge >= 0.3 is 5.97 Å². The van der Waals surface area contributed by atoms with E-state index in [-0.39, 0.29) is 42.3 Å². The lowest BCUT2D eigenvalue weighted by atomic mass is 9.44. The average molecular weight is 949 g/mol. The van der Waals surface area contributed by atoms with Crippen LogP contribution in [-0.4, -0.2) is 110 Å². The van der Waals surface area contributed by atoms with Crippen LogP contribution in [0.3, 0.4) is 0 Å². The van der Waals surface area contributed by atoms with Crippen molar-refractivity contribution in [2.75, 3.05) is 23.8 Å². The van der Waals surface area contributed by atoms with Gasteiger partial charge in [-0.1, -0.05) is 41.1 Å². The van der Waals surface area contributed by atoms with Crippen molar-refractivity contribution in [1.29, 1.82) is 0 Å². The molecular weight excluding hydrogens is 900 g/mol. The zero-order chi connectivity index (χ0) is 44.9. The van der Waals surface area contributed by atoms with Gasteiger partial charge in [-0.3, -0.25) is 28.8 Å². The number of ether oxygens (including phenoxy) is 2. The second-order valence-corrected chi connectivity index (χ2v) is 18.7. The van der Waals surface area contributed by atoms with Crippen molar-refractivity contribution in [2.24, 2.45) is 22.7 Å². The van der Waals surface area contributed by atoms with E-state index in [1.807, 2.05) is 0 Å². The summed E-state index contributed by atoms with van der Waals surface area (Å²) in [5, 5.41) is 50.6. The standard InChI is InChI=1S/C43H48BrF2N3O12S/c1-40-8-7-24(52)12-28(40)29(45)13-27-26-14-34-43(33(54)19-51,41(26,2)15-32(53)42(27,40)46)61-39(60-34)23-11-25(62-20-23)9-21-3-4-22(18-50)31(10-21)49-38(59)30(5-6-37(57)58)48-36(56)17-47-35(55)16-44/h3-4,7-8,10-12,20,26-27,29-30,32,34,39,50-51,53H,5-6,9,13-19H2,1-2H3,(H,47,55)(H,48,56)(H,49,59)(H,57,58)/t26-,27-,29-,30-,32-,34+,39+,40-,41-,42-,43+/m0/s1. The number of nitrogens with one attached hydrogen (secondary N) is 3. The van der Waals surface area contributed by atoms with Crippen molar-refractivity contribution >= 4 is 68.2 Å². The first kappa shape index (κ1) is 45.8. The third-order valence-electron chi connectivity index (χ3n) is 13.7. The summed E-state index contributed by atoms with van der Waals surface area (Å²) < 4.78 is 46.8. The lowest BCUT2D eigenvalue weighted by Crippen LogP contribution is -2.70. The largest absolute Gasteiger partial charge is 0.481 e. The zero-order valence-corrected chi connectivity index (χ0v) is 36.2. The highest BCUT2D eigenvalue weighted by molar-refractivity contribution is 9.09. The number of carbonyl (C=O) groups excluding carboxylic acids is 5. The highest BCUT2D eigenvalue weighted by Crippen LogP contribution is 2.72. The molecule has 0 bridgehead atoms. The number of amides is 3. The highest BCUT2D eigenvalue weighted by Gasteiger charge is 2.80. The molecule has 7 rings (SSSR count). The molecule has 2 heterocycles. The van der Waals surface area contributed by atoms with E-state index in [1.165, 1.54) is 30.4 Å². The number of Topliss-reactive ketones (excluding diaryl/α,β-unsaturated/α-hetero) is 1. The molecular formula is C43H48BrF2N3O12S. The van der Waals surface area contributed by atoms with Crippen LogP contribution in [0.1, 0.15) is 73.8 Å². The Morgan fingerprint density at radius 2 is 1.84 bits per heavy atom. The molecule has 1 aromatic carbocycles. The number of carboxylic acid groups (broad SMARTS) is 1. The Balaban J connectivity index is 1.09. The summed E-state index contributed by atoms with van der Waals surface area (Å²) in [7, 11) is 0. The van der Waals surface area contributed by atoms with E-state index >= 15 is 8.78 Å². The van der Waals surface area contributed by atoms with E-state index in [2.05, 4.69) is 31.9 Å². The van der Waals surface area contributed by atoms with Crippen molar-refractivity contribution in [3.63, 3.8) is 0 Å². The Bertz CT molecular complexity index is 2240. The van der Waals surface area contributed by atoms with Gasteiger partial charge in [0.1, 0.15) is 18.8 Å². The Kier molecular flexibility index (Phi) is 12.8. The van der Waals surface area contributed by atoms with E-state index in [0.29, 0.717) is 23.1 Å². The molecule has 1 aromatic heterocycles. The normalized spacial score (nSPS) is 33.6. The molecule has 5 aliphatic rings. The summed E-state index contributed by atoms with van der Waals surface area (Å²) in [6, 6.07) is 5.50. The molecule has 0 radical (unpaired) electrons. The maximum Gasteiger partial charge on any atom is 0.303 e. The number of benzene rings is 1. The van der Waals surface area contributed by atoms with Crippen LogP contribution < -0.4 is 16.0 Å². The lowest BCUT2D eigenvalue weighted by Gasteiger charge is -2.63. The summed E-state index contributed by atoms with van der Waals surface area (Å²) in [6.45, 7) is 1.39. The second kappa shape index (κ2) is 17.4. The predicted molar refractivity (Wildman–Crippen MR) is 221 cm³/mol. The first-order valence-corrected chi connectivity index (χ1v) is 22.2. The highest BCUT2D eigenvalue weighted by atomic mass is 79.9. The number of aliphatic hydroxyl groups excluding tert-OH is 3. The van der Waals surface area contributed by atoms with Crippen LogP contribution in [0.25, 0.3) is 0 Å². The average Bonchev–Trinajstić information content (AvgIpc) is 3.93. The SMILES string of the molecule is C[C@]12C=CC(=O)C=C1[C@@H](F)C[C@H]1[C@@H]3C[C@H]4O[C@@H](c5csc(Cc6ccc(CO)c(NC(=O)[C@H](CCC(=O)O)NC(=O)CNC(=O)CBr)c6)c5)O[C@@]4(C(=O)CO)[C@@]3(C)C[C@H](O)[C@@]12F. The van der Waals surface area contributed by atoms with Crippen molar-refractivity contribution < 1.29 is 67.4 Å². The first-order chi connectivity index (χ1) is 29.3. The fraction of sp³-hybridized carbons (Fsp3) is 0.535. The Labute approximate surface area is 367 Å². The van der Waals surface area contributed by atoms with Gasteiger partial charge in [-0.2, -0.15) is 0 Å². The molecule has 3 saturated carbocycles. The van der Waals surface area contributed by atoms with Gasteiger partial charge in [-0.25, -0.2) is 8.78 Å². The van der Waals surface area contributed by atoms with Crippen LogP contribution >= 0.6 is 27.3 Å². The monoisotopic (exact) mass is 947 g/mol. The van der Waals surface area contributed by atoms with Crippen LogP contribution in [0, 0.1) is 22.7 Å². The lowest BCUT2D eigenvalue weighted by molar-refractivity contribution is -0.235. The quantitative estimate of drug-likeness (QED) is 0.128. The summed E-state index contributed by atoms with van der Waals surface area (Å²) in [5.74, 6) is -6.06. The predicted octanol–water partition coefficient (Wildman–Crippen LogP) is 3.27. The Morgan fingerprint density at radius 1 is 1.08 bits per heavy atom. The number of rotatable bonds is 15. The summed E-state index contributed by atoms with van der Waals surface area (Å²) >= 11 is 4.31. The number of carbonyl (C=O) groups is 6. The number of aliphatic hydroxyl groups is 3. The van der Waals surface area contributed by atoms with Gasteiger partial charge in [-0.15, -0.1) is 11.3 Å². The molecule has 15 nitrogen and oxygen atoms in total. The third kappa shape index (κ3) is 7.66. The van der Waals surface area contributed by atoms with Crippen LogP contribution in [-0.2, 0) is 51.3 Å². The van der Waals surface area contributed by atoms with Crippen molar-refractivity contribution in [1.82, 2.24) is 10.6 Å². The number of halogens is 3. The molecule has 4 fully saturated rings. The number of allylic oxidation sites excluding steroid dienone is 4. The van der Waals surface area contributed by atoms with Gasteiger partial charge in [0.05, 0.1) is 30.7 Å². The van der Waals surface area contributed by atoms with E-state index in [4.69, 9.17) is 9.47 Å². The number of hydrogen-bond acceptors (Lipinski definition) is 12. The maximum absolute atomic E-state index is 17.8. The number of alkyl halides is 3. The molecule has 7 N–H and O–H groups in total. The maximum atomic E-state index is 17.8. The number of hydrogen-bond donors (Lipinski definition) is 7. The molecule has 0 spiro atoms. The van der Waals surface area contributed by atoms with Gasteiger partial charge in [-0.05, 0) is 79.3 Å². The van der Waals surface area contributed by atoms with Gasteiger partial charge in [0.15, 0.2) is 29.1 Å². The molecule has 2 aromatic rings. The van der Waals surface area contributed by atoms with E-state index < -0.39 is 126 Å². The molecule has 1 saturated heterocycles. The zero-order valence-electron chi connectivity index (χ0n) is 33.8. The summed E-state index contributed by atoms with van der Waals surface area (Å²) in [5.41, 5.74) is -5.31. The molecule has 19 heteroatoms. The molecule has 334 valence electrons. The molecule has 11 atom stereocenters. The topological polar surface area (TPSA) is 238 Å². The fourth-order valence-electron chi connectivity index (χ4n) is 10.7. The van der Waals surface area contributed by atoms with Crippen molar-refractivity contribution in [2.45, 2.75) is 101 Å². The van der Waals surface area contributed by atoms with Crippen LogP contribution in [0.2, 0.25) is 0 Å². The Morgan fingerprint density at radius 3 is 2.53 bits per heavy atom. The Hall–Kier alpha value is -4.24. The van der Waals surface area contributed by atoms with Gasteiger partial charge < -0.3 is 45.9 Å². The number of fused-ring (bicyclic) bond motifs is 7. The molecule has 3 amide bonds. The minimum absolute atomic E-state index is 0.0192. The van der Waals surface area contributed by atoms with Crippen LogP contribution in [0.5, 0.6) is 0 Å². The molecule has 62 heavy (non-hydrogen) atoms. The smallest absolute Gasteiger partial charge is 0.303 e. The fourth-order valence-corrected chi connectivity index (χ4v) is 11.9. The molecule has 1 aliphatic heterocycles. The summed E-state index contributed by atoms with van der Waals surface area (Å²) in [6.07, 6.45) is -2.66. The van der Waals surface area contributed by atoms with Crippen molar-refractivity contribution in [3.8, 4) is 0 Å². The summed E-state index contributed by atoms with van der Waals surface area (Å²) in [4.78, 5) is 75.8. The van der Waals surface area contributed by atoms with Crippen molar-refractivity contribution in [3.05, 3.63) is 75.0 Å². The van der Waals surface area contributed by atoms with Crippen LogP contribution in [0.15, 0.2) is 53.4 Å². The minimum Gasteiger partial charge on any atom is -0.481 e. The van der Waals surface area contributed by atoms with E-state index in [9.17, 15) is 49.2 Å². The number of ketones is 2. The first-order valence-electron chi connectivity index (χ1n) is 20.2. The molecule has 4 aliphatic carbocycles. The number of carboxylic acids is 1. The second-order valence-electron chi connectivity index (χ2n) is 17.1. The number of thiophene rings is 1. The van der Waals surface area contributed by atoms with Gasteiger partial charge in [0.2, 0.25) is 17.7 Å². The molecule has 0 unspecified atom stereocenters. The van der Waals surface area contributed by atoms with Gasteiger partial charge in [0.25, 0.3) is 0 Å². The minimum atomic E-state index is -2.38. The number of aliphatic carboxylic acids is 1.